The fourth-order valence-corrected chi connectivity index (χ4v) is 17.6. The number of hydrogen-bond donors (Lipinski definition) is 0. The number of carboxylic acids is 2. The molecule has 0 fully saturated rings. The van der Waals surface area contributed by atoms with Gasteiger partial charge in [0.05, 0.1) is 12.3 Å². The summed E-state index contributed by atoms with van der Waals surface area (Å²) in [6, 6.07) is 73.3. The van der Waals surface area contributed by atoms with Crippen molar-refractivity contribution in [2.45, 2.75) is 81.6 Å². The number of benzene rings is 8. The highest BCUT2D eigenvalue weighted by molar-refractivity contribution is 7.95. The zero-order chi connectivity index (χ0) is 49.4. The lowest BCUT2D eigenvalue weighted by molar-refractivity contribution is -0.303. The topological polar surface area (TPSA) is 80.3 Å². The quantitative estimate of drug-likeness (QED) is 0.128. The highest BCUT2D eigenvalue weighted by atomic mass is 31.2. The van der Waals surface area contributed by atoms with Gasteiger partial charge in [-0.05, 0) is 187 Å². The van der Waals surface area contributed by atoms with Gasteiger partial charge in [-0.25, -0.2) is 0 Å². The summed E-state index contributed by atoms with van der Waals surface area (Å²) in [5.74, 6) is -2.17. The van der Waals surface area contributed by atoms with Crippen molar-refractivity contribution in [2.24, 2.45) is 0 Å². The summed E-state index contributed by atoms with van der Waals surface area (Å²) in [4.78, 5) is 17.8. The van der Waals surface area contributed by atoms with Gasteiger partial charge in [-0.15, -0.1) is 0 Å². The van der Waals surface area contributed by atoms with Gasteiger partial charge in [0, 0.05) is 11.9 Å². The fourth-order valence-electron chi connectivity index (χ4n) is 8.57. The standard InChI is InChI=1S/2C29H30P.2C2H4O2/c2*1-22-14-16-26(17-15-22)21-30(27-11-5-8-23(2)18-27,28-12-6-9-24(3)19-28)29-13-7-10-25(4)20-29;2*1-2(3)4/h2*5-20H,21H2,1-4H3;2*1H3,(H,3,4)/q2*+1;;/p-2. The number of carboxylic acid groups (broad SMARTS) is 2. The minimum absolute atomic E-state index is 0.972. The smallest absolute Gasteiger partial charge is 0.116 e. The molecule has 0 saturated heterocycles. The molecule has 0 bridgehead atoms. The first-order chi connectivity index (χ1) is 32.4. The summed E-state index contributed by atoms with van der Waals surface area (Å²) >= 11 is 0. The average molecular weight is 937 g/mol. The molecule has 6 heteroatoms. The zero-order valence-electron chi connectivity index (χ0n) is 41.4. The average Bonchev–Trinajstić information content (AvgIpc) is 3.28. The lowest BCUT2D eigenvalue weighted by atomic mass is 10.2. The van der Waals surface area contributed by atoms with Crippen molar-refractivity contribution in [1.82, 2.24) is 0 Å². The molecule has 0 aromatic heterocycles. The van der Waals surface area contributed by atoms with Crippen molar-refractivity contribution < 1.29 is 19.8 Å². The number of carbonyl (C=O) groups is 2. The normalized spacial score (nSPS) is 10.9. The summed E-state index contributed by atoms with van der Waals surface area (Å²) in [5.41, 5.74) is 13.3. The van der Waals surface area contributed by atoms with Gasteiger partial charge >= 0.3 is 0 Å². The Hall–Kier alpha value is -6.44. The largest absolute Gasteiger partial charge is 0.550 e. The van der Waals surface area contributed by atoms with Crippen LogP contribution in [0.4, 0.5) is 0 Å². The van der Waals surface area contributed by atoms with Crippen LogP contribution in [-0.2, 0) is 21.9 Å². The molecule has 0 amide bonds. The second kappa shape index (κ2) is 24.5. The molecular formula is C62H66O4P2. The maximum Gasteiger partial charge on any atom is 0.116 e. The van der Waals surface area contributed by atoms with Crippen molar-refractivity contribution in [2.75, 3.05) is 0 Å². The Labute approximate surface area is 407 Å². The van der Waals surface area contributed by atoms with E-state index < -0.39 is 26.5 Å². The van der Waals surface area contributed by atoms with Crippen LogP contribution >= 0.6 is 14.5 Å². The molecule has 0 aliphatic rings. The Balaban J connectivity index is 0.000000220. The SMILES string of the molecule is CC(=O)[O-].CC(=O)[O-].Cc1ccc(C[P+](c2cccc(C)c2)(c2cccc(C)c2)c2cccc(C)c2)cc1.Cc1ccc(C[P+](c2cccc(C)c2)(c2cccc(C)c2)c2cccc(C)c2)cc1. The summed E-state index contributed by atoms with van der Waals surface area (Å²) in [7, 11) is -3.74. The number of hydrogen-bond acceptors (Lipinski definition) is 4. The van der Waals surface area contributed by atoms with E-state index in [-0.39, 0.29) is 0 Å². The predicted molar refractivity (Wildman–Crippen MR) is 290 cm³/mol. The third-order valence-corrected chi connectivity index (χ3v) is 20.4. The van der Waals surface area contributed by atoms with Gasteiger partial charge in [0.1, 0.15) is 46.4 Å². The molecule has 0 spiro atoms. The molecule has 348 valence electrons. The van der Waals surface area contributed by atoms with Crippen molar-refractivity contribution >= 4 is 58.3 Å². The van der Waals surface area contributed by atoms with Gasteiger partial charge in [0.15, 0.2) is 0 Å². The van der Waals surface area contributed by atoms with Crippen molar-refractivity contribution in [3.63, 3.8) is 0 Å². The Bertz CT molecular complexity index is 2490. The Morgan fingerprint density at radius 3 is 0.647 bits per heavy atom. The van der Waals surface area contributed by atoms with Crippen LogP contribution in [0.25, 0.3) is 0 Å². The Morgan fingerprint density at radius 2 is 0.485 bits per heavy atom. The first-order valence-electron chi connectivity index (χ1n) is 23.1. The highest BCUT2D eigenvalue weighted by Crippen LogP contribution is 2.59. The minimum atomic E-state index is -1.87. The maximum atomic E-state index is 8.89. The molecule has 68 heavy (non-hydrogen) atoms. The Kier molecular flexibility index (Phi) is 19.0. The molecule has 0 heterocycles. The van der Waals surface area contributed by atoms with Crippen molar-refractivity contribution in [1.29, 1.82) is 0 Å². The molecule has 0 N–H and O–H groups in total. The predicted octanol–water partition coefficient (Wildman–Crippen LogP) is 10.3. The molecule has 4 nitrogen and oxygen atoms in total. The molecule has 8 aromatic rings. The van der Waals surface area contributed by atoms with Crippen LogP contribution in [0.1, 0.15) is 69.5 Å². The number of carbonyl (C=O) groups excluding carboxylic acids is 2. The van der Waals surface area contributed by atoms with Crippen molar-refractivity contribution in [3.05, 3.63) is 250 Å². The molecule has 0 aliphatic heterocycles. The zero-order valence-corrected chi connectivity index (χ0v) is 43.2. The lowest BCUT2D eigenvalue weighted by Gasteiger charge is -2.28. The van der Waals surface area contributed by atoms with Crippen LogP contribution in [0.3, 0.4) is 0 Å². The number of rotatable bonds is 10. The second-order valence-electron chi connectivity index (χ2n) is 17.9. The first-order valence-corrected chi connectivity index (χ1v) is 27.0. The molecule has 0 atom stereocenters. The monoisotopic (exact) mass is 936 g/mol. The van der Waals surface area contributed by atoms with E-state index in [2.05, 4.69) is 250 Å². The van der Waals surface area contributed by atoms with Gasteiger partial charge in [-0.1, -0.05) is 132 Å². The van der Waals surface area contributed by atoms with Gasteiger partial charge < -0.3 is 19.8 Å². The van der Waals surface area contributed by atoms with Gasteiger partial charge in [-0.2, -0.15) is 0 Å². The van der Waals surface area contributed by atoms with Crippen LogP contribution in [0.5, 0.6) is 0 Å². The van der Waals surface area contributed by atoms with E-state index in [1.165, 1.54) is 87.5 Å². The lowest BCUT2D eigenvalue weighted by Crippen LogP contribution is -2.33. The van der Waals surface area contributed by atoms with Crippen LogP contribution in [0.2, 0.25) is 0 Å². The van der Waals surface area contributed by atoms with Gasteiger partial charge in [0.25, 0.3) is 0 Å². The number of aryl methyl sites for hydroxylation is 8. The minimum Gasteiger partial charge on any atom is -0.550 e. The van der Waals surface area contributed by atoms with Gasteiger partial charge in [0.2, 0.25) is 0 Å². The van der Waals surface area contributed by atoms with Crippen LogP contribution < -0.4 is 42.0 Å². The van der Waals surface area contributed by atoms with E-state index in [0.717, 1.165) is 26.2 Å². The Morgan fingerprint density at radius 1 is 0.309 bits per heavy atom. The molecular weight excluding hydrogens is 871 g/mol. The van der Waals surface area contributed by atoms with E-state index in [0.29, 0.717) is 0 Å². The molecule has 0 saturated carbocycles. The summed E-state index contributed by atoms with van der Waals surface area (Å²) in [6.07, 6.45) is 2.06. The third kappa shape index (κ3) is 14.3. The molecule has 0 radical (unpaired) electrons. The maximum absolute atomic E-state index is 8.89. The van der Waals surface area contributed by atoms with Crippen LogP contribution in [0, 0.1) is 55.4 Å². The van der Waals surface area contributed by atoms with Crippen LogP contribution in [-0.4, -0.2) is 11.9 Å². The highest BCUT2D eigenvalue weighted by Gasteiger charge is 2.47. The summed E-state index contributed by atoms with van der Waals surface area (Å²) in [6.45, 7) is 19.5. The third-order valence-electron chi connectivity index (χ3n) is 11.7. The fraction of sp³-hybridized carbons (Fsp3) is 0.194. The summed E-state index contributed by atoms with van der Waals surface area (Å²) < 4.78 is 0. The molecule has 0 aliphatic carbocycles. The molecule has 8 rings (SSSR count). The van der Waals surface area contributed by atoms with Crippen molar-refractivity contribution in [3.8, 4) is 0 Å². The van der Waals surface area contributed by atoms with Gasteiger partial charge in [-0.3, -0.25) is 0 Å². The van der Waals surface area contributed by atoms with E-state index >= 15 is 0 Å². The van der Waals surface area contributed by atoms with E-state index in [1.54, 1.807) is 0 Å². The first kappa shape index (κ1) is 52.5. The van der Waals surface area contributed by atoms with Crippen LogP contribution in [0.15, 0.2) is 194 Å². The van der Waals surface area contributed by atoms with E-state index in [9.17, 15) is 0 Å². The summed E-state index contributed by atoms with van der Waals surface area (Å²) in [5, 5.41) is 26.5. The van der Waals surface area contributed by atoms with E-state index in [1.807, 2.05) is 0 Å². The molecule has 0 unspecified atom stereocenters. The second-order valence-corrected chi connectivity index (χ2v) is 24.9. The number of aliphatic carboxylic acids is 2. The molecule has 8 aromatic carbocycles. The van der Waals surface area contributed by atoms with E-state index in [4.69, 9.17) is 19.8 Å².